The lowest BCUT2D eigenvalue weighted by Crippen LogP contribution is -2.10. The first-order valence-corrected chi connectivity index (χ1v) is 3.65. The number of aromatic nitrogens is 2. The first-order valence-electron chi connectivity index (χ1n) is 3.65. The number of anilines is 1. The summed E-state index contributed by atoms with van der Waals surface area (Å²) in [5.74, 6) is -2.22. The maximum absolute atomic E-state index is 12.3. The molecule has 3 N–H and O–H groups in total. The Morgan fingerprint density at radius 2 is 2.33 bits per heavy atom. The molecule has 0 aromatic carbocycles. The highest BCUT2D eigenvalue weighted by molar-refractivity contribution is 5.28. The molecule has 0 saturated heterocycles. The van der Waals surface area contributed by atoms with E-state index in [1.54, 1.807) is 6.07 Å². The molecule has 5 heteroatoms. The molecule has 0 amide bonds. The van der Waals surface area contributed by atoms with Gasteiger partial charge >= 0.3 is 0 Å². The topological polar surface area (TPSA) is 54.7 Å². The molecule has 0 aliphatic heterocycles. The summed E-state index contributed by atoms with van der Waals surface area (Å²) in [6, 6.07) is 1.56. The minimum Gasteiger partial charge on any atom is -0.384 e. The largest absolute Gasteiger partial charge is 0.384 e. The molecule has 1 aromatic rings. The number of nitrogen functional groups attached to an aromatic ring is 1. The third kappa shape index (κ3) is 2.86. The van der Waals surface area contributed by atoms with Crippen molar-refractivity contribution in [1.29, 1.82) is 0 Å². The molecule has 0 radical (unpaired) electrons. The lowest BCUT2D eigenvalue weighted by molar-refractivity contribution is 0.0131. The molecule has 0 atom stereocenters. The zero-order valence-electron chi connectivity index (χ0n) is 6.77. The number of alkyl halides is 2. The summed E-state index contributed by atoms with van der Waals surface area (Å²) in [7, 11) is 0. The van der Waals surface area contributed by atoms with Crippen molar-refractivity contribution in [2.75, 3.05) is 5.73 Å². The number of hydrogen-bond donors (Lipinski definition) is 2. The maximum Gasteiger partial charge on any atom is 0.245 e. The van der Waals surface area contributed by atoms with Gasteiger partial charge in [-0.05, 0) is 13.3 Å². The standard InChI is InChI=1S/C7H11F2N3/c1-7(8,9)3-2-5-4-6(10)12-11-5/h4H,2-3H2,1H3,(H3,10,11,12). The normalized spacial score (nSPS) is 11.9. The van der Waals surface area contributed by atoms with Crippen LogP contribution in [-0.4, -0.2) is 16.1 Å². The molecule has 0 bridgehead atoms. The first kappa shape index (κ1) is 8.96. The van der Waals surface area contributed by atoms with Crippen LogP contribution in [-0.2, 0) is 6.42 Å². The quantitative estimate of drug-likeness (QED) is 0.732. The number of aromatic amines is 1. The van der Waals surface area contributed by atoms with Crippen LogP contribution in [0.4, 0.5) is 14.6 Å². The van der Waals surface area contributed by atoms with Gasteiger partial charge in [0.15, 0.2) is 0 Å². The summed E-state index contributed by atoms with van der Waals surface area (Å²) in [5, 5.41) is 6.22. The Hall–Kier alpha value is -1.13. The van der Waals surface area contributed by atoms with Gasteiger partial charge < -0.3 is 5.73 Å². The van der Waals surface area contributed by atoms with Crippen LogP contribution in [0.3, 0.4) is 0 Å². The molecule has 0 aliphatic rings. The Morgan fingerprint density at radius 1 is 1.67 bits per heavy atom. The average Bonchev–Trinajstić information content (AvgIpc) is 2.30. The molecule has 1 rings (SSSR count). The highest BCUT2D eigenvalue weighted by Crippen LogP contribution is 2.19. The second kappa shape index (κ2) is 3.08. The number of halogens is 2. The number of nitrogens with two attached hydrogens (primary N) is 1. The molecule has 1 aromatic heterocycles. The van der Waals surface area contributed by atoms with Crippen molar-refractivity contribution in [2.45, 2.75) is 25.7 Å². The number of H-pyrrole nitrogens is 1. The van der Waals surface area contributed by atoms with Crippen molar-refractivity contribution in [1.82, 2.24) is 10.2 Å². The minimum atomic E-state index is -2.63. The fourth-order valence-corrected chi connectivity index (χ4v) is 0.856. The van der Waals surface area contributed by atoms with Crippen molar-refractivity contribution < 1.29 is 8.78 Å². The molecular formula is C7H11F2N3. The fraction of sp³-hybridized carbons (Fsp3) is 0.571. The summed E-state index contributed by atoms with van der Waals surface area (Å²) in [5.41, 5.74) is 5.89. The molecule has 0 spiro atoms. The zero-order chi connectivity index (χ0) is 9.19. The van der Waals surface area contributed by atoms with Gasteiger partial charge in [0.1, 0.15) is 5.82 Å². The van der Waals surface area contributed by atoms with E-state index in [2.05, 4.69) is 10.2 Å². The molecule has 0 aliphatic carbocycles. The van der Waals surface area contributed by atoms with Gasteiger partial charge in [-0.25, -0.2) is 8.78 Å². The number of rotatable bonds is 3. The average molecular weight is 175 g/mol. The predicted octanol–water partition coefficient (Wildman–Crippen LogP) is 1.58. The lowest BCUT2D eigenvalue weighted by atomic mass is 10.1. The molecule has 0 unspecified atom stereocenters. The molecule has 0 fully saturated rings. The van der Waals surface area contributed by atoms with Crippen LogP contribution >= 0.6 is 0 Å². The van der Waals surface area contributed by atoms with Crippen LogP contribution in [0.15, 0.2) is 6.07 Å². The van der Waals surface area contributed by atoms with Crippen LogP contribution in [0.1, 0.15) is 19.0 Å². The van der Waals surface area contributed by atoms with E-state index < -0.39 is 5.92 Å². The second-order valence-corrected chi connectivity index (χ2v) is 2.88. The molecular weight excluding hydrogens is 164 g/mol. The summed E-state index contributed by atoms with van der Waals surface area (Å²) in [6.07, 6.45) is 0.0501. The Balaban J connectivity index is 2.44. The van der Waals surface area contributed by atoms with Crippen LogP contribution < -0.4 is 5.73 Å². The highest BCUT2D eigenvalue weighted by Gasteiger charge is 2.20. The van der Waals surface area contributed by atoms with Gasteiger partial charge in [-0.1, -0.05) is 0 Å². The molecule has 12 heavy (non-hydrogen) atoms. The molecule has 68 valence electrons. The predicted molar refractivity (Wildman–Crippen MR) is 41.9 cm³/mol. The summed E-state index contributed by atoms with van der Waals surface area (Å²) >= 11 is 0. The number of nitrogens with one attached hydrogen (secondary N) is 1. The fourth-order valence-electron chi connectivity index (χ4n) is 0.856. The molecule has 0 saturated carbocycles. The third-order valence-corrected chi connectivity index (χ3v) is 1.47. The van der Waals surface area contributed by atoms with Gasteiger partial charge in [0.05, 0.1) is 5.69 Å². The third-order valence-electron chi connectivity index (χ3n) is 1.47. The van der Waals surface area contributed by atoms with Gasteiger partial charge in [0, 0.05) is 12.5 Å². The van der Waals surface area contributed by atoms with Crippen LogP contribution in [0.25, 0.3) is 0 Å². The summed E-state index contributed by atoms with van der Waals surface area (Å²) < 4.78 is 24.7. The first-order chi connectivity index (χ1) is 5.47. The Bertz CT molecular complexity index is 251. The number of hydrogen-bond acceptors (Lipinski definition) is 2. The van der Waals surface area contributed by atoms with E-state index >= 15 is 0 Å². The van der Waals surface area contributed by atoms with E-state index in [0.717, 1.165) is 6.92 Å². The van der Waals surface area contributed by atoms with E-state index in [1.165, 1.54) is 0 Å². The highest BCUT2D eigenvalue weighted by atomic mass is 19.3. The van der Waals surface area contributed by atoms with Crippen molar-refractivity contribution in [2.24, 2.45) is 0 Å². The minimum absolute atomic E-state index is 0.197. The van der Waals surface area contributed by atoms with Crippen molar-refractivity contribution in [3.8, 4) is 0 Å². The van der Waals surface area contributed by atoms with E-state index in [9.17, 15) is 8.78 Å². The van der Waals surface area contributed by atoms with E-state index in [0.29, 0.717) is 11.5 Å². The SMILES string of the molecule is CC(F)(F)CCc1cc(N)[nH]n1. The maximum atomic E-state index is 12.3. The number of aryl methyl sites for hydroxylation is 1. The van der Waals surface area contributed by atoms with Gasteiger partial charge in [-0.15, -0.1) is 0 Å². The van der Waals surface area contributed by atoms with E-state index in [1.807, 2.05) is 0 Å². The Morgan fingerprint density at radius 3 is 2.75 bits per heavy atom. The Kier molecular flexibility index (Phi) is 2.30. The molecule has 3 nitrogen and oxygen atoms in total. The van der Waals surface area contributed by atoms with Crippen molar-refractivity contribution >= 4 is 5.82 Å². The van der Waals surface area contributed by atoms with Crippen LogP contribution in [0.5, 0.6) is 0 Å². The van der Waals surface area contributed by atoms with Gasteiger partial charge in [0.25, 0.3) is 0 Å². The van der Waals surface area contributed by atoms with E-state index in [-0.39, 0.29) is 12.8 Å². The summed E-state index contributed by atoms with van der Waals surface area (Å²) in [6.45, 7) is 0.892. The van der Waals surface area contributed by atoms with E-state index in [4.69, 9.17) is 5.73 Å². The monoisotopic (exact) mass is 175 g/mol. The second-order valence-electron chi connectivity index (χ2n) is 2.88. The number of nitrogens with zero attached hydrogens (tertiary/aromatic N) is 1. The smallest absolute Gasteiger partial charge is 0.245 e. The summed E-state index contributed by atoms with van der Waals surface area (Å²) in [4.78, 5) is 0. The van der Waals surface area contributed by atoms with Gasteiger partial charge in [-0.2, -0.15) is 5.10 Å². The van der Waals surface area contributed by atoms with Crippen LogP contribution in [0.2, 0.25) is 0 Å². The Labute approximate surface area is 69.0 Å². The van der Waals surface area contributed by atoms with Crippen molar-refractivity contribution in [3.05, 3.63) is 11.8 Å². The zero-order valence-corrected chi connectivity index (χ0v) is 6.77. The van der Waals surface area contributed by atoms with Gasteiger partial charge in [-0.3, -0.25) is 5.10 Å². The van der Waals surface area contributed by atoms with Crippen LogP contribution in [0, 0.1) is 0 Å². The molecule has 1 heterocycles. The van der Waals surface area contributed by atoms with Crippen molar-refractivity contribution in [3.63, 3.8) is 0 Å². The van der Waals surface area contributed by atoms with Gasteiger partial charge in [0.2, 0.25) is 5.92 Å². The lowest BCUT2D eigenvalue weighted by Gasteiger charge is -2.07.